The molecule has 0 radical (unpaired) electrons. The maximum atomic E-state index is 4.64. The molecule has 0 nitrogen and oxygen atoms in total. The van der Waals surface area contributed by atoms with Crippen molar-refractivity contribution in [1.29, 1.82) is 0 Å². The van der Waals surface area contributed by atoms with E-state index in [0.29, 0.717) is 0 Å². The summed E-state index contributed by atoms with van der Waals surface area (Å²) in [7, 11) is 9.21. The fourth-order valence-electron chi connectivity index (χ4n) is 0. The van der Waals surface area contributed by atoms with Crippen LogP contribution in [0.2, 0.25) is 0 Å². The maximum absolute atomic E-state index is 4.64. The molecule has 0 amide bonds. The molecule has 0 unspecified atom stereocenters. The molecule has 0 aromatic heterocycles. The summed E-state index contributed by atoms with van der Waals surface area (Å²) in [6, 6.07) is 0. The Labute approximate surface area is 55.2 Å². The fourth-order valence-corrected chi connectivity index (χ4v) is 0. The number of hydrogen-bond donors (Lipinski definition) is 0. The molecule has 0 aliphatic heterocycles. The molecule has 0 aliphatic rings. The average molecular weight is 220 g/mol. The minimum absolute atomic E-state index is 1.47. The molecule has 0 atom stereocenters. The first-order chi connectivity index (χ1) is 2.00. The summed E-state index contributed by atoms with van der Waals surface area (Å²) in [6.07, 6.45) is 0. The summed E-state index contributed by atoms with van der Waals surface area (Å²) in [5.74, 6) is 0. The number of halogens is 2. The monoisotopic (exact) mass is 220 g/mol. The molecule has 0 bridgehead atoms. The van der Waals surface area contributed by atoms with Crippen molar-refractivity contribution < 1.29 is 36.7 Å². The first kappa shape index (κ1) is 9.32. The first-order valence-corrected chi connectivity index (χ1v) is 4.71. The van der Waals surface area contributed by atoms with Gasteiger partial charge in [0, 0.05) is 0 Å². The zero-order valence-corrected chi connectivity index (χ0v) is 6.42. The summed E-state index contributed by atoms with van der Waals surface area (Å²) in [5.41, 5.74) is 0. The van der Waals surface area contributed by atoms with Crippen molar-refractivity contribution in [2.24, 2.45) is 0 Å². The third-order valence-corrected chi connectivity index (χ3v) is 0. The zero-order valence-electron chi connectivity index (χ0n) is 1.61. The summed E-state index contributed by atoms with van der Waals surface area (Å²) >= 11 is 3.29. The van der Waals surface area contributed by atoms with Crippen LogP contribution in [-0.2, 0) is 36.7 Å². The normalized spacial score (nSPS) is 2.50. The van der Waals surface area contributed by atoms with Gasteiger partial charge in [-0.1, -0.05) is 0 Å². The molecule has 4 heavy (non-hydrogen) atoms. The van der Waals surface area contributed by atoms with Crippen molar-refractivity contribution in [3.63, 3.8) is 0 Å². The van der Waals surface area contributed by atoms with E-state index in [4.69, 9.17) is 0 Å². The van der Waals surface area contributed by atoms with E-state index in [2.05, 4.69) is 19.0 Å². The molecule has 0 N–H and O–H groups in total. The van der Waals surface area contributed by atoms with Gasteiger partial charge in [-0.2, -0.15) is 0 Å². The molecule has 26 valence electrons. The van der Waals surface area contributed by atoms with Crippen LogP contribution in [-0.4, -0.2) is 0 Å². The van der Waals surface area contributed by atoms with Gasteiger partial charge in [-0.15, -0.1) is 0 Å². The van der Waals surface area contributed by atoms with Gasteiger partial charge in [-0.05, 0) is 0 Å². The van der Waals surface area contributed by atoms with Crippen LogP contribution < -0.4 is 0 Å². The third kappa shape index (κ3) is 9.07. The molecular weight excluding hydrogens is 220 g/mol. The third-order valence-electron chi connectivity index (χ3n) is 0. The second-order valence-corrected chi connectivity index (χ2v) is 0. The van der Waals surface area contributed by atoms with Crippen molar-refractivity contribution >= 4 is 19.0 Å². The Bertz CT molecular complexity index is 6.00. The summed E-state index contributed by atoms with van der Waals surface area (Å²) in [6.45, 7) is 0. The van der Waals surface area contributed by atoms with Crippen molar-refractivity contribution in [2.75, 3.05) is 0 Å². The molecule has 0 aromatic carbocycles. The van der Waals surface area contributed by atoms with Crippen LogP contribution in [0.25, 0.3) is 0 Å². The Kier molecular flexibility index (Phi) is 47.8. The SMILES string of the molecule is [Cl][Ru].[Cl][Ti]. The Morgan fingerprint density at radius 1 is 1.25 bits per heavy atom. The average Bonchev–Trinajstić information content (AvgIpc) is 1.50. The second kappa shape index (κ2) is 20.5. The van der Waals surface area contributed by atoms with Crippen LogP contribution in [0.1, 0.15) is 0 Å². The van der Waals surface area contributed by atoms with E-state index >= 15 is 0 Å². The van der Waals surface area contributed by atoms with Crippen molar-refractivity contribution in [3.05, 3.63) is 0 Å². The van der Waals surface area contributed by atoms with Gasteiger partial charge >= 0.3 is 55.7 Å². The van der Waals surface area contributed by atoms with E-state index in [1.54, 1.807) is 0 Å². The van der Waals surface area contributed by atoms with E-state index in [-0.39, 0.29) is 0 Å². The van der Waals surface area contributed by atoms with Crippen molar-refractivity contribution in [3.8, 4) is 0 Å². The minimum atomic E-state index is 1.47. The molecule has 0 rings (SSSR count). The van der Waals surface area contributed by atoms with Crippen LogP contribution in [0.3, 0.4) is 0 Å². The van der Waals surface area contributed by atoms with Gasteiger partial charge in [0.05, 0.1) is 0 Å². The van der Waals surface area contributed by atoms with Gasteiger partial charge in [0.2, 0.25) is 0 Å². The molecule has 0 saturated carbocycles. The standard InChI is InChI=1S/2ClH.Ru.Ti/h2*1H;;/q;;2*+1/p-2. The van der Waals surface area contributed by atoms with Gasteiger partial charge < -0.3 is 0 Å². The van der Waals surface area contributed by atoms with Crippen molar-refractivity contribution in [1.82, 2.24) is 0 Å². The summed E-state index contributed by atoms with van der Waals surface area (Å²) in [5, 5.41) is 0. The summed E-state index contributed by atoms with van der Waals surface area (Å²) < 4.78 is 0. The van der Waals surface area contributed by atoms with Crippen LogP contribution in [0.5, 0.6) is 0 Å². The molecule has 4 heteroatoms. The van der Waals surface area contributed by atoms with Gasteiger partial charge in [0.15, 0.2) is 0 Å². The van der Waals surface area contributed by atoms with Gasteiger partial charge in [-0.3, -0.25) is 0 Å². The first-order valence-electron chi connectivity index (χ1n) is 0.323. The van der Waals surface area contributed by atoms with Crippen LogP contribution in [0.4, 0.5) is 0 Å². The molecule has 0 fully saturated rings. The Morgan fingerprint density at radius 2 is 1.25 bits per heavy atom. The predicted octanol–water partition coefficient (Wildman–Crippen LogP) is 1.37. The van der Waals surface area contributed by atoms with Gasteiger partial charge in [-0.25, -0.2) is 0 Å². The zero-order chi connectivity index (χ0) is 4.00. The van der Waals surface area contributed by atoms with Crippen LogP contribution >= 0.6 is 19.0 Å². The Hall–Kier alpha value is 1.92. The van der Waals surface area contributed by atoms with E-state index in [0.717, 1.165) is 0 Å². The Morgan fingerprint density at radius 3 is 1.25 bits per heavy atom. The van der Waals surface area contributed by atoms with Gasteiger partial charge in [0.25, 0.3) is 0 Å². The molecular formula is Cl2RuTi. The molecule has 0 spiro atoms. The van der Waals surface area contributed by atoms with Crippen LogP contribution in [0, 0.1) is 0 Å². The molecule has 0 aliphatic carbocycles. The molecule has 0 saturated heterocycles. The second-order valence-electron chi connectivity index (χ2n) is 0. The van der Waals surface area contributed by atoms with E-state index in [9.17, 15) is 0 Å². The van der Waals surface area contributed by atoms with E-state index < -0.39 is 0 Å². The fraction of sp³-hybridized carbons (Fsp3) is 0. The molecule has 0 aromatic rings. The summed E-state index contributed by atoms with van der Waals surface area (Å²) in [4.78, 5) is 0. The van der Waals surface area contributed by atoms with E-state index in [1.807, 2.05) is 17.3 Å². The quantitative estimate of drug-likeness (QED) is 0.540. The van der Waals surface area contributed by atoms with Crippen LogP contribution in [0.15, 0.2) is 0 Å². The number of rotatable bonds is 0. The molecule has 0 heterocycles. The Balaban J connectivity index is 0. The van der Waals surface area contributed by atoms with Crippen molar-refractivity contribution in [2.45, 2.75) is 0 Å². The number of hydrogen-bond acceptors (Lipinski definition) is 0. The van der Waals surface area contributed by atoms with E-state index in [1.165, 1.54) is 19.4 Å². The topological polar surface area (TPSA) is 0 Å². The van der Waals surface area contributed by atoms with Gasteiger partial charge in [0.1, 0.15) is 0 Å². The predicted molar refractivity (Wildman–Crippen MR) is 11.7 cm³/mol.